The van der Waals surface area contributed by atoms with E-state index < -0.39 is 12.0 Å². The lowest BCUT2D eigenvalue weighted by Crippen LogP contribution is -2.42. The summed E-state index contributed by atoms with van der Waals surface area (Å²) in [6.07, 6.45) is 6.66. The number of carboxylic acid groups (broad SMARTS) is 1. The van der Waals surface area contributed by atoms with Gasteiger partial charge in [0.25, 0.3) is 0 Å². The maximum atomic E-state index is 11.8. The van der Waals surface area contributed by atoms with Crippen molar-refractivity contribution >= 4 is 34.8 Å². The zero-order valence-corrected chi connectivity index (χ0v) is 22.1. The Bertz CT molecular complexity index is 1200. The molecule has 0 saturated carbocycles. The van der Waals surface area contributed by atoms with E-state index >= 15 is 0 Å². The highest BCUT2D eigenvalue weighted by Gasteiger charge is 2.26. The molecule has 3 aromatic heterocycles. The average molecular weight is 522 g/mol. The summed E-state index contributed by atoms with van der Waals surface area (Å²) < 4.78 is 0. The zero-order chi connectivity index (χ0) is 25.6. The molecule has 5 heterocycles. The Morgan fingerprint density at radius 3 is 2.89 bits per heavy atom. The molecule has 10 heteroatoms. The summed E-state index contributed by atoms with van der Waals surface area (Å²) in [4.78, 5) is 28.2. The summed E-state index contributed by atoms with van der Waals surface area (Å²) in [6.45, 7) is 5.66. The van der Waals surface area contributed by atoms with Crippen LogP contribution in [0.5, 0.6) is 0 Å². The molecule has 0 unspecified atom stereocenters. The first-order chi connectivity index (χ1) is 18.1. The molecule has 5 rings (SSSR count). The molecule has 1 fully saturated rings. The topological polar surface area (TPSA) is 115 Å². The molecule has 4 N–H and O–H groups in total. The second-order valence-corrected chi connectivity index (χ2v) is 10.5. The van der Waals surface area contributed by atoms with E-state index in [-0.39, 0.29) is 6.54 Å². The Kier molecular flexibility index (Phi) is 8.15. The summed E-state index contributed by atoms with van der Waals surface area (Å²) in [5, 5.41) is 23.6. The molecule has 0 radical (unpaired) electrons. The van der Waals surface area contributed by atoms with Gasteiger partial charge in [-0.15, -0.1) is 0 Å². The van der Waals surface area contributed by atoms with Crippen LogP contribution in [-0.4, -0.2) is 58.2 Å². The molecule has 37 heavy (non-hydrogen) atoms. The third-order valence-corrected chi connectivity index (χ3v) is 8.04. The minimum atomic E-state index is -0.886. The first-order valence-electron chi connectivity index (χ1n) is 13.2. The monoisotopic (exact) mass is 521 g/mol. The number of aromatic nitrogens is 3. The van der Waals surface area contributed by atoms with Gasteiger partial charge in [0, 0.05) is 49.9 Å². The highest BCUT2D eigenvalue weighted by atomic mass is 32.1. The van der Waals surface area contributed by atoms with Gasteiger partial charge >= 0.3 is 5.97 Å². The molecule has 9 nitrogen and oxygen atoms in total. The first kappa shape index (κ1) is 25.4. The Balaban J connectivity index is 1.22. The molecule has 1 atom stereocenters. The number of piperidine rings is 1. The first-order valence-corrected chi connectivity index (χ1v) is 14.1. The Hall–Kier alpha value is -3.24. The van der Waals surface area contributed by atoms with Gasteiger partial charge in [-0.3, -0.25) is 10.1 Å². The normalized spacial score (nSPS) is 16.6. The number of nitrogens with one attached hydrogen (secondary N) is 3. The number of carbonyl (C=O) groups is 1. The van der Waals surface area contributed by atoms with E-state index in [2.05, 4.69) is 49.9 Å². The van der Waals surface area contributed by atoms with E-state index in [9.17, 15) is 9.90 Å². The van der Waals surface area contributed by atoms with E-state index in [1.54, 1.807) is 17.7 Å². The van der Waals surface area contributed by atoms with Gasteiger partial charge in [-0.1, -0.05) is 13.0 Å². The quantitative estimate of drug-likeness (QED) is 0.315. The predicted molar refractivity (Wildman–Crippen MR) is 148 cm³/mol. The number of pyridine rings is 1. The smallest absolute Gasteiger partial charge is 0.322 e. The standard InChI is InChI=1S/C27H35N7O2S/c1-2-21-25(30-15-23(27(35)36)29-14-18-9-13-37-16-18)31-17-32-26(21)34-11-7-19(8-12-34)22-6-5-20-4-3-10-28-24(20)33-22/h5-6,9,13,16-17,19,23,29H,2-4,7-8,10-12,14-15H2,1H3,(H,28,33)(H,35,36)(H,30,31,32)/t23-/m0/s1. The third-order valence-electron chi connectivity index (χ3n) is 7.31. The maximum absolute atomic E-state index is 11.8. The van der Waals surface area contributed by atoms with Crippen LogP contribution in [0.25, 0.3) is 0 Å². The molecule has 0 spiro atoms. The van der Waals surface area contributed by atoms with E-state index in [1.807, 2.05) is 16.8 Å². The van der Waals surface area contributed by atoms with Gasteiger partial charge in [0.15, 0.2) is 0 Å². The number of carboxylic acids is 1. The van der Waals surface area contributed by atoms with Crippen molar-refractivity contribution in [2.45, 2.75) is 57.5 Å². The van der Waals surface area contributed by atoms with Crippen LogP contribution in [0.4, 0.5) is 17.5 Å². The number of hydrogen-bond acceptors (Lipinski definition) is 9. The second kappa shape index (κ2) is 11.9. The number of nitrogens with zero attached hydrogens (tertiary/aromatic N) is 4. The van der Waals surface area contributed by atoms with Gasteiger partial charge in [0.1, 0.15) is 29.8 Å². The van der Waals surface area contributed by atoms with Gasteiger partial charge < -0.3 is 20.6 Å². The fraction of sp³-hybridized carbons (Fsp3) is 0.481. The Labute approximate surface area is 221 Å². The van der Waals surface area contributed by atoms with E-state index in [1.165, 1.54) is 17.7 Å². The summed E-state index contributed by atoms with van der Waals surface area (Å²) >= 11 is 1.60. The van der Waals surface area contributed by atoms with Crippen molar-refractivity contribution in [1.29, 1.82) is 0 Å². The molecule has 0 bridgehead atoms. The summed E-state index contributed by atoms with van der Waals surface area (Å²) in [5.41, 5.74) is 4.62. The van der Waals surface area contributed by atoms with E-state index in [4.69, 9.17) is 4.98 Å². The van der Waals surface area contributed by atoms with Gasteiger partial charge in [-0.25, -0.2) is 15.0 Å². The molecular formula is C27H35N7O2S. The van der Waals surface area contributed by atoms with Crippen LogP contribution in [-0.2, 0) is 24.2 Å². The van der Waals surface area contributed by atoms with E-state index in [0.29, 0.717) is 18.3 Å². The van der Waals surface area contributed by atoms with Crippen LogP contribution in [0.3, 0.4) is 0 Å². The van der Waals surface area contributed by atoms with Crippen molar-refractivity contribution in [2.75, 3.05) is 41.7 Å². The fourth-order valence-corrected chi connectivity index (χ4v) is 5.86. The molecule has 2 aliphatic rings. The molecule has 0 aliphatic carbocycles. The lowest BCUT2D eigenvalue weighted by molar-refractivity contribution is -0.139. The third kappa shape index (κ3) is 6.02. The molecule has 0 amide bonds. The van der Waals surface area contributed by atoms with E-state index in [0.717, 1.165) is 68.1 Å². The van der Waals surface area contributed by atoms with Gasteiger partial charge in [-0.05, 0) is 66.1 Å². The van der Waals surface area contributed by atoms with Crippen molar-refractivity contribution in [3.05, 3.63) is 57.7 Å². The summed E-state index contributed by atoms with van der Waals surface area (Å²) in [6, 6.07) is 5.73. The van der Waals surface area contributed by atoms with Crippen LogP contribution < -0.4 is 20.9 Å². The van der Waals surface area contributed by atoms with Crippen molar-refractivity contribution in [3.8, 4) is 0 Å². The van der Waals surface area contributed by atoms with Crippen LogP contribution in [0.2, 0.25) is 0 Å². The average Bonchev–Trinajstić information content (AvgIpc) is 3.46. The molecule has 3 aromatic rings. The van der Waals surface area contributed by atoms with Gasteiger partial charge in [0.05, 0.1) is 0 Å². The number of thiophene rings is 1. The summed E-state index contributed by atoms with van der Waals surface area (Å²) in [7, 11) is 0. The van der Waals surface area contributed by atoms with Gasteiger partial charge in [-0.2, -0.15) is 11.3 Å². The van der Waals surface area contributed by atoms with Crippen LogP contribution in [0.15, 0.2) is 35.3 Å². The predicted octanol–water partition coefficient (Wildman–Crippen LogP) is 3.89. The molecular weight excluding hydrogens is 486 g/mol. The highest BCUT2D eigenvalue weighted by Crippen LogP contribution is 2.33. The number of aryl methyl sites for hydroxylation is 1. The molecule has 2 aliphatic heterocycles. The number of fused-ring (bicyclic) bond motifs is 1. The zero-order valence-electron chi connectivity index (χ0n) is 21.2. The van der Waals surface area contributed by atoms with Crippen molar-refractivity contribution < 1.29 is 9.90 Å². The molecule has 1 saturated heterocycles. The van der Waals surface area contributed by atoms with Crippen molar-refractivity contribution in [2.24, 2.45) is 0 Å². The highest BCUT2D eigenvalue weighted by molar-refractivity contribution is 7.07. The second-order valence-electron chi connectivity index (χ2n) is 9.70. The number of rotatable bonds is 10. The minimum Gasteiger partial charge on any atom is -0.480 e. The largest absolute Gasteiger partial charge is 0.480 e. The molecule has 196 valence electrons. The lowest BCUT2D eigenvalue weighted by atomic mass is 9.92. The van der Waals surface area contributed by atoms with Crippen LogP contribution in [0, 0.1) is 0 Å². The Morgan fingerprint density at radius 2 is 2.14 bits per heavy atom. The van der Waals surface area contributed by atoms with Crippen molar-refractivity contribution in [3.63, 3.8) is 0 Å². The van der Waals surface area contributed by atoms with Gasteiger partial charge in [0.2, 0.25) is 0 Å². The fourth-order valence-electron chi connectivity index (χ4n) is 5.19. The lowest BCUT2D eigenvalue weighted by Gasteiger charge is -2.34. The SMILES string of the molecule is CCc1c(NC[C@H](NCc2ccsc2)C(=O)O)ncnc1N1CCC(c2ccc3c(n2)NCCC3)CC1. The van der Waals surface area contributed by atoms with Crippen LogP contribution >= 0.6 is 11.3 Å². The molecule has 0 aromatic carbocycles. The summed E-state index contributed by atoms with van der Waals surface area (Å²) in [5.74, 6) is 2.27. The van der Waals surface area contributed by atoms with Crippen molar-refractivity contribution in [1.82, 2.24) is 20.3 Å². The number of aliphatic carboxylic acids is 1. The minimum absolute atomic E-state index is 0.239. The maximum Gasteiger partial charge on any atom is 0.322 e. The number of hydrogen-bond donors (Lipinski definition) is 4. The number of anilines is 3. The Morgan fingerprint density at radius 1 is 1.27 bits per heavy atom. The van der Waals surface area contributed by atoms with Crippen LogP contribution in [0.1, 0.15) is 54.5 Å².